The van der Waals surface area contributed by atoms with Gasteiger partial charge in [0.1, 0.15) is 5.76 Å². The summed E-state index contributed by atoms with van der Waals surface area (Å²) in [5.41, 5.74) is 1.33. The van der Waals surface area contributed by atoms with E-state index < -0.39 is 0 Å². The van der Waals surface area contributed by atoms with Crippen LogP contribution in [-0.2, 0) is 17.6 Å². The molecule has 1 aromatic carbocycles. The molecule has 1 heterocycles. The van der Waals surface area contributed by atoms with Crippen molar-refractivity contribution in [3.63, 3.8) is 0 Å². The van der Waals surface area contributed by atoms with Gasteiger partial charge in [0, 0.05) is 25.5 Å². The lowest BCUT2D eigenvalue weighted by Gasteiger charge is -2.22. The summed E-state index contributed by atoms with van der Waals surface area (Å²) in [6, 6.07) is 5.39. The van der Waals surface area contributed by atoms with Crippen molar-refractivity contribution in [3.8, 4) is 5.75 Å². The average molecular weight is 260 g/mol. The van der Waals surface area contributed by atoms with Gasteiger partial charge in [-0.3, -0.25) is 4.79 Å². The van der Waals surface area contributed by atoms with Gasteiger partial charge in [-0.15, -0.1) is 0 Å². The first-order valence-electron chi connectivity index (χ1n) is 6.39. The van der Waals surface area contributed by atoms with Crippen LogP contribution in [-0.4, -0.2) is 20.3 Å². The van der Waals surface area contributed by atoms with Crippen molar-refractivity contribution >= 4 is 11.0 Å². The maximum atomic E-state index is 12.5. The van der Waals surface area contributed by atoms with Crippen LogP contribution in [0.5, 0.6) is 5.75 Å². The van der Waals surface area contributed by atoms with Crippen LogP contribution in [0.25, 0.3) is 11.0 Å². The van der Waals surface area contributed by atoms with E-state index in [0.717, 1.165) is 24.2 Å². The number of rotatable bonds is 2. The number of fused-ring (bicyclic) bond motifs is 2. The number of methoxy groups -OCH3 is 2. The van der Waals surface area contributed by atoms with E-state index in [1.54, 1.807) is 32.4 Å². The first-order chi connectivity index (χ1) is 9.24. The zero-order valence-corrected chi connectivity index (χ0v) is 11.1. The van der Waals surface area contributed by atoms with Crippen LogP contribution in [0, 0.1) is 0 Å². The third kappa shape index (κ3) is 1.92. The van der Waals surface area contributed by atoms with Crippen LogP contribution < -0.4 is 10.2 Å². The molecule has 0 amide bonds. The van der Waals surface area contributed by atoms with Crippen molar-refractivity contribution in [3.05, 3.63) is 39.7 Å². The number of hydrogen-bond acceptors (Lipinski definition) is 4. The lowest BCUT2D eigenvalue weighted by Crippen LogP contribution is -2.26. The van der Waals surface area contributed by atoms with Crippen molar-refractivity contribution in [1.29, 1.82) is 0 Å². The third-order valence-corrected chi connectivity index (χ3v) is 3.74. The summed E-state index contributed by atoms with van der Waals surface area (Å²) in [6.07, 6.45) is 2.35. The highest BCUT2D eigenvalue weighted by molar-refractivity contribution is 5.83. The fraction of sp³-hybridized carbons (Fsp3) is 0.400. The first kappa shape index (κ1) is 12.2. The SMILES string of the molecule is COc1cccc2c(=O)c3c(oc12)CCC(OC)C3. The van der Waals surface area contributed by atoms with Crippen molar-refractivity contribution in [2.75, 3.05) is 14.2 Å². The molecule has 3 rings (SSSR count). The van der Waals surface area contributed by atoms with E-state index in [1.807, 2.05) is 0 Å². The van der Waals surface area contributed by atoms with Gasteiger partial charge in [0.15, 0.2) is 16.8 Å². The molecule has 1 aromatic heterocycles. The fourth-order valence-electron chi connectivity index (χ4n) is 2.67. The summed E-state index contributed by atoms with van der Waals surface area (Å²) in [6.45, 7) is 0. The van der Waals surface area contributed by atoms with Gasteiger partial charge in [0.2, 0.25) is 0 Å². The van der Waals surface area contributed by atoms with Gasteiger partial charge in [-0.05, 0) is 18.6 Å². The standard InChI is InChI=1S/C15H16O4/c1-17-9-6-7-12-11(8-9)14(16)10-4-3-5-13(18-2)15(10)19-12/h3-5,9H,6-8H2,1-2H3. The van der Waals surface area contributed by atoms with Crippen LogP contribution >= 0.6 is 0 Å². The minimum atomic E-state index is 0.0388. The van der Waals surface area contributed by atoms with Crippen LogP contribution in [0.2, 0.25) is 0 Å². The molecule has 0 spiro atoms. The highest BCUT2D eigenvalue weighted by Gasteiger charge is 2.24. The Labute approximate surface area is 110 Å². The minimum absolute atomic E-state index is 0.0388. The second kappa shape index (κ2) is 4.70. The Kier molecular flexibility index (Phi) is 3.03. The lowest BCUT2D eigenvalue weighted by molar-refractivity contribution is 0.0876. The summed E-state index contributed by atoms with van der Waals surface area (Å²) in [7, 11) is 3.26. The largest absolute Gasteiger partial charge is 0.493 e. The molecular weight excluding hydrogens is 244 g/mol. The third-order valence-electron chi connectivity index (χ3n) is 3.74. The van der Waals surface area contributed by atoms with Crippen molar-refractivity contribution in [1.82, 2.24) is 0 Å². The average Bonchev–Trinajstić information content (AvgIpc) is 2.46. The Hall–Kier alpha value is -1.81. The molecule has 0 saturated carbocycles. The van der Waals surface area contributed by atoms with E-state index >= 15 is 0 Å². The van der Waals surface area contributed by atoms with Crippen LogP contribution in [0.3, 0.4) is 0 Å². The van der Waals surface area contributed by atoms with E-state index in [2.05, 4.69) is 0 Å². The predicted octanol–water partition coefficient (Wildman–Crippen LogP) is 2.31. The zero-order chi connectivity index (χ0) is 13.4. The topological polar surface area (TPSA) is 48.7 Å². The monoisotopic (exact) mass is 260 g/mol. The molecule has 1 unspecified atom stereocenters. The highest BCUT2D eigenvalue weighted by Crippen LogP contribution is 2.29. The van der Waals surface area contributed by atoms with E-state index in [4.69, 9.17) is 13.9 Å². The van der Waals surface area contributed by atoms with Crippen molar-refractivity contribution < 1.29 is 13.9 Å². The van der Waals surface area contributed by atoms with E-state index in [9.17, 15) is 4.79 Å². The Morgan fingerprint density at radius 1 is 1.32 bits per heavy atom. The number of para-hydroxylation sites is 1. The molecule has 4 heteroatoms. The van der Waals surface area contributed by atoms with Crippen molar-refractivity contribution in [2.45, 2.75) is 25.4 Å². The molecule has 4 nitrogen and oxygen atoms in total. The van der Waals surface area contributed by atoms with Gasteiger partial charge in [-0.25, -0.2) is 0 Å². The number of hydrogen-bond donors (Lipinski definition) is 0. The molecule has 0 fully saturated rings. The molecular formula is C15H16O4. The second-order valence-corrected chi connectivity index (χ2v) is 4.77. The Bertz CT molecular complexity index is 672. The highest BCUT2D eigenvalue weighted by atomic mass is 16.5. The first-order valence-corrected chi connectivity index (χ1v) is 6.39. The molecule has 0 saturated heterocycles. The molecule has 0 aliphatic heterocycles. The van der Waals surface area contributed by atoms with Crippen LogP contribution in [0.1, 0.15) is 17.7 Å². The van der Waals surface area contributed by atoms with E-state index in [-0.39, 0.29) is 11.5 Å². The molecule has 2 aromatic rings. The van der Waals surface area contributed by atoms with E-state index in [1.165, 1.54) is 0 Å². The summed E-state index contributed by atoms with van der Waals surface area (Å²) in [5.74, 6) is 1.38. The number of aryl methyl sites for hydroxylation is 1. The van der Waals surface area contributed by atoms with Gasteiger partial charge in [0.25, 0.3) is 0 Å². The smallest absolute Gasteiger partial charge is 0.196 e. The number of benzene rings is 1. The molecule has 1 aliphatic rings. The van der Waals surface area contributed by atoms with Crippen LogP contribution in [0.4, 0.5) is 0 Å². The molecule has 0 bridgehead atoms. The van der Waals surface area contributed by atoms with Gasteiger partial charge >= 0.3 is 0 Å². The summed E-state index contributed by atoms with van der Waals surface area (Å²) in [4.78, 5) is 12.5. The lowest BCUT2D eigenvalue weighted by atomic mass is 9.93. The summed E-state index contributed by atoms with van der Waals surface area (Å²) >= 11 is 0. The molecule has 1 atom stereocenters. The van der Waals surface area contributed by atoms with Crippen LogP contribution in [0.15, 0.2) is 27.4 Å². The maximum absolute atomic E-state index is 12.5. The van der Waals surface area contributed by atoms with E-state index in [0.29, 0.717) is 23.1 Å². The minimum Gasteiger partial charge on any atom is -0.493 e. The number of ether oxygens (including phenoxy) is 2. The zero-order valence-electron chi connectivity index (χ0n) is 11.1. The quantitative estimate of drug-likeness (QED) is 0.831. The Balaban J connectivity index is 2.25. The van der Waals surface area contributed by atoms with Gasteiger partial charge in [0.05, 0.1) is 18.6 Å². The van der Waals surface area contributed by atoms with Gasteiger partial charge < -0.3 is 13.9 Å². The molecule has 0 radical (unpaired) electrons. The molecule has 0 N–H and O–H groups in total. The summed E-state index contributed by atoms with van der Waals surface area (Å²) in [5, 5.41) is 0.579. The molecule has 1 aliphatic carbocycles. The predicted molar refractivity (Wildman–Crippen MR) is 71.9 cm³/mol. The van der Waals surface area contributed by atoms with Crippen molar-refractivity contribution in [2.24, 2.45) is 0 Å². The fourth-order valence-corrected chi connectivity index (χ4v) is 2.67. The van der Waals surface area contributed by atoms with Gasteiger partial charge in [-0.1, -0.05) is 6.07 Å². The normalized spacial score (nSPS) is 18.3. The maximum Gasteiger partial charge on any atom is 0.196 e. The Morgan fingerprint density at radius 3 is 2.89 bits per heavy atom. The molecule has 19 heavy (non-hydrogen) atoms. The molecule has 100 valence electrons. The van der Waals surface area contributed by atoms with Gasteiger partial charge in [-0.2, -0.15) is 0 Å². The second-order valence-electron chi connectivity index (χ2n) is 4.77. The Morgan fingerprint density at radius 2 is 2.16 bits per heavy atom. The summed E-state index contributed by atoms with van der Waals surface area (Å²) < 4.78 is 16.5.